The van der Waals surface area contributed by atoms with Gasteiger partial charge in [0.05, 0.1) is 5.69 Å². The summed E-state index contributed by atoms with van der Waals surface area (Å²) >= 11 is 1.22. The maximum absolute atomic E-state index is 12.4. The Hall–Kier alpha value is -2.47. The van der Waals surface area contributed by atoms with E-state index < -0.39 is 12.8 Å². The molecule has 2 aromatic heterocycles. The van der Waals surface area contributed by atoms with Crippen LogP contribution in [0.5, 0.6) is 11.1 Å². The predicted molar refractivity (Wildman–Crippen MR) is 123 cm³/mol. The Morgan fingerprint density at radius 3 is 2.83 bits per heavy atom. The lowest BCUT2D eigenvalue weighted by Gasteiger charge is -2.30. The Labute approximate surface area is 205 Å². The third-order valence-corrected chi connectivity index (χ3v) is 7.34. The van der Waals surface area contributed by atoms with Gasteiger partial charge in [-0.15, -0.1) is 0 Å². The minimum atomic E-state index is -4.36. The van der Waals surface area contributed by atoms with Gasteiger partial charge in [-0.1, -0.05) is 11.3 Å². The zero-order chi connectivity index (χ0) is 24.8. The van der Waals surface area contributed by atoms with Gasteiger partial charge in [0.1, 0.15) is 5.76 Å². The molecule has 0 spiro atoms. The minimum absolute atomic E-state index is 0.104. The molecule has 2 aromatic rings. The highest BCUT2D eigenvalue weighted by Gasteiger charge is 2.30. The molecule has 0 atom stereocenters. The lowest BCUT2D eigenvalue weighted by atomic mass is 9.81. The Kier molecular flexibility index (Phi) is 8.42. The quantitative estimate of drug-likeness (QED) is 0.452. The van der Waals surface area contributed by atoms with Gasteiger partial charge in [-0.3, -0.25) is 9.69 Å². The number of aryl methyl sites for hydroxylation is 1. The minimum Gasteiger partial charge on any atom is -0.465 e. The van der Waals surface area contributed by atoms with Gasteiger partial charge >= 0.3 is 6.18 Å². The van der Waals surface area contributed by atoms with E-state index in [9.17, 15) is 18.0 Å². The molecule has 192 valence electrons. The third kappa shape index (κ3) is 8.03. The van der Waals surface area contributed by atoms with Gasteiger partial charge in [0, 0.05) is 30.2 Å². The fourth-order valence-corrected chi connectivity index (χ4v) is 5.30. The van der Waals surface area contributed by atoms with E-state index in [-0.39, 0.29) is 23.6 Å². The molecule has 2 aliphatic rings. The van der Waals surface area contributed by atoms with Crippen LogP contribution in [-0.4, -0.2) is 59.6 Å². The monoisotopic (exact) mass is 514 g/mol. The number of aromatic nitrogens is 2. The Morgan fingerprint density at radius 1 is 1.31 bits per heavy atom. The summed E-state index contributed by atoms with van der Waals surface area (Å²) in [6, 6.07) is 1.61. The number of carbonyl (C=O) groups is 1. The summed E-state index contributed by atoms with van der Waals surface area (Å²) in [6.07, 6.45) is 3.44. The molecule has 1 fully saturated rings. The highest BCUT2D eigenvalue weighted by atomic mass is 32.1. The van der Waals surface area contributed by atoms with E-state index in [1.165, 1.54) is 11.3 Å². The first-order chi connectivity index (χ1) is 16.7. The van der Waals surface area contributed by atoms with Crippen molar-refractivity contribution in [1.82, 2.24) is 15.0 Å². The van der Waals surface area contributed by atoms with E-state index in [0.717, 1.165) is 62.2 Å². The summed E-state index contributed by atoms with van der Waals surface area (Å²) in [5, 5.41) is 3.78. The van der Waals surface area contributed by atoms with Crippen molar-refractivity contribution in [3.8, 4) is 11.1 Å². The van der Waals surface area contributed by atoms with Crippen LogP contribution in [-0.2, 0) is 17.8 Å². The molecule has 3 heterocycles. The predicted octanol–water partition coefficient (Wildman–Crippen LogP) is 4.61. The van der Waals surface area contributed by atoms with Gasteiger partial charge in [-0.25, -0.2) is 9.98 Å². The molecular weight excluding hydrogens is 485 g/mol. The summed E-state index contributed by atoms with van der Waals surface area (Å²) in [5.41, 5.74) is 0.839. The highest BCUT2D eigenvalue weighted by Crippen LogP contribution is 2.33. The van der Waals surface area contributed by atoms with Crippen LogP contribution in [0.25, 0.3) is 0 Å². The molecule has 1 aliphatic heterocycles. The third-order valence-electron chi connectivity index (χ3n) is 6.27. The molecule has 12 heteroatoms. The van der Waals surface area contributed by atoms with Crippen molar-refractivity contribution in [2.45, 2.75) is 58.2 Å². The number of thiazole rings is 1. The molecule has 4 rings (SSSR count). The first-order valence-electron chi connectivity index (χ1n) is 11.8. The number of nitrogens with zero attached hydrogens (tertiary/aromatic N) is 4. The van der Waals surface area contributed by atoms with Crippen molar-refractivity contribution < 1.29 is 32.0 Å². The molecule has 0 saturated heterocycles. The van der Waals surface area contributed by atoms with Gasteiger partial charge in [-0.2, -0.15) is 13.2 Å². The summed E-state index contributed by atoms with van der Waals surface area (Å²) in [4.78, 5) is 23.6. The lowest BCUT2D eigenvalue weighted by Crippen LogP contribution is -2.32. The summed E-state index contributed by atoms with van der Waals surface area (Å²) < 4.78 is 52.1. The van der Waals surface area contributed by atoms with Crippen LogP contribution < -0.4 is 9.47 Å². The number of rotatable bonds is 9. The smallest absolute Gasteiger partial charge is 0.422 e. The molecule has 35 heavy (non-hydrogen) atoms. The molecule has 1 amide bonds. The fourth-order valence-electron chi connectivity index (χ4n) is 4.39. The number of aliphatic imine (C=N–C) groups is 1. The van der Waals surface area contributed by atoms with Crippen molar-refractivity contribution in [3.63, 3.8) is 0 Å². The molecule has 0 radical (unpaired) electrons. The van der Waals surface area contributed by atoms with Crippen LogP contribution in [0, 0.1) is 18.8 Å². The second-order valence-corrected chi connectivity index (χ2v) is 10.1. The second-order valence-electron chi connectivity index (χ2n) is 9.09. The first-order valence-corrected chi connectivity index (χ1v) is 12.6. The van der Waals surface area contributed by atoms with Crippen molar-refractivity contribution in [2.75, 3.05) is 26.3 Å². The van der Waals surface area contributed by atoms with Gasteiger partial charge in [0.2, 0.25) is 0 Å². The number of amides is 1. The molecule has 8 nitrogen and oxygen atoms in total. The largest absolute Gasteiger partial charge is 0.465 e. The number of carbonyl (C=O) groups excluding carboxylic acids is 1. The lowest BCUT2D eigenvalue weighted by molar-refractivity contribution is -0.153. The number of halogens is 3. The molecule has 1 aliphatic carbocycles. The molecule has 0 aromatic carbocycles. The van der Waals surface area contributed by atoms with Crippen LogP contribution in [0.15, 0.2) is 15.6 Å². The maximum Gasteiger partial charge on any atom is 0.422 e. The van der Waals surface area contributed by atoms with E-state index in [2.05, 4.69) is 20.0 Å². The number of alkyl halides is 3. The zero-order valence-corrected chi connectivity index (χ0v) is 20.4. The van der Waals surface area contributed by atoms with E-state index in [1.807, 2.05) is 0 Å². The van der Waals surface area contributed by atoms with Crippen LogP contribution in [0.3, 0.4) is 0 Å². The molecule has 0 bridgehead atoms. The number of hydrogen-bond acceptors (Lipinski definition) is 8. The van der Waals surface area contributed by atoms with Crippen molar-refractivity contribution >= 4 is 23.5 Å². The first kappa shape index (κ1) is 25.6. The van der Waals surface area contributed by atoms with E-state index in [0.29, 0.717) is 24.1 Å². The maximum atomic E-state index is 12.4. The average molecular weight is 515 g/mol. The number of hydrogen-bond donors (Lipinski definition) is 0. The van der Waals surface area contributed by atoms with E-state index >= 15 is 0 Å². The fraction of sp³-hybridized carbons (Fsp3) is 0.652. The molecule has 0 N–H and O–H groups in total. The average Bonchev–Trinajstić information content (AvgIpc) is 3.44. The Bertz CT molecular complexity index is 1010. The van der Waals surface area contributed by atoms with Crippen molar-refractivity contribution in [1.29, 1.82) is 0 Å². The molecular formula is C23H29F3N4O4S. The Balaban J connectivity index is 1.13. The normalized spacial score (nSPS) is 21.3. The number of fused-ring (bicyclic) bond motifs is 1. The number of ether oxygens (including phenoxy) is 2. The second kappa shape index (κ2) is 11.5. The van der Waals surface area contributed by atoms with Crippen molar-refractivity contribution in [3.05, 3.63) is 22.4 Å². The SMILES string of the molecule is Cc1cc(OCC(=O)N=CC2CCC(CCN3CCc4sc(OCC(F)(F)F)nc4C3)CC2)no1. The van der Waals surface area contributed by atoms with Gasteiger partial charge in [0.25, 0.3) is 17.0 Å². The van der Waals surface area contributed by atoms with Crippen LogP contribution in [0.4, 0.5) is 13.2 Å². The van der Waals surface area contributed by atoms with E-state index in [1.54, 1.807) is 19.2 Å². The van der Waals surface area contributed by atoms with Crippen molar-refractivity contribution in [2.24, 2.45) is 16.8 Å². The Morgan fingerprint density at radius 2 is 2.11 bits per heavy atom. The standard InChI is InChI=1S/C23H29F3N4O4S/c1-15-10-21(29-34-15)32-13-20(31)27-11-17-4-2-16(3-5-17)6-8-30-9-7-19-18(12-30)28-22(35-19)33-14-23(24,25)26/h10-11,16-17H,2-9,12-14H2,1H3. The van der Waals surface area contributed by atoms with Crippen LogP contribution in [0.2, 0.25) is 0 Å². The van der Waals surface area contributed by atoms with Crippen LogP contribution >= 0.6 is 11.3 Å². The van der Waals surface area contributed by atoms with Gasteiger partial charge in [-0.05, 0) is 69.0 Å². The van der Waals surface area contributed by atoms with E-state index in [4.69, 9.17) is 14.0 Å². The highest BCUT2D eigenvalue weighted by molar-refractivity contribution is 7.13. The van der Waals surface area contributed by atoms with Crippen LogP contribution in [0.1, 0.15) is 48.4 Å². The summed E-state index contributed by atoms with van der Waals surface area (Å²) in [6.45, 7) is 2.76. The van der Waals surface area contributed by atoms with Gasteiger partial charge < -0.3 is 14.0 Å². The molecule has 0 unspecified atom stereocenters. The summed E-state index contributed by atoms with van der Waals surface area (Å²) in [7, 11) is 0. The van der Waals surface area contributed by atoms with Gasteiger partial charge in [0.15, 0.2) is 13.2 Å². The zero-order valence-electron chi connectivity index (χ0n) is 19.6. The topological polar surface area (TPSA) is 90.0 Å². The molecule has 1 saturated carbocycles. The summed E-state index contributed by atoms with van der Waals surface area (Å²) in [5.74, 6) is 1.47.